The van der Waals surface area contributed by atoms with Crippen LogP contribution in [0.5, 0.6) is 0 Å². The second kappa shape index (κ2) is 5.81. The molecule has 0 bridgehead atoms. The van der Waals surface area contributed by atoms with Crippen LogP contribution in [0.2, 0.25) is 0 Å². The van der Waals surface area contributed by atoms with Gasteiger partial charge in [-0.2, -0.15) is 0 Å². The van der Waals surface area contributed by atoms with E-state index in [4.69, 9.17) is 5.73 Å². The molecule has 0 radical (unpaired) electrons. The SMILES string of the molecule is CC(C)(CNc1ccc(F)cc1N)C1CCCCC1. The van der Waals surface area contributed by atoms with Gasteiger partial charge in [-0.15, -0.1) is 0 Å². The molecule has 0 unspecified atom stereocenters. The van der Waals surface area contributed by atoms with Crippen LogP contribution in [-0.2, 0) is 0 Å². The summed E-state index contributed by atoms with van der Waals surface area (Å²) >= 11 is 0. The van der Waals surface area contributed by atoms with E-state index in [-0.39, 0.29) is 11.2 Å². The van der Waals surface area contributed by atoms with Gasteiger partial charge in [-0.05, 0) is 42.4 Å². The first-order chi connectivity index (χ1) is 8.99. The van der Waals surface area contributed by atoms with Gasteiger partial charge in [0.1, 0.15) is 5.82 Å². The number of nitrogens with two attached hydrogens (primary N) is 1. The lowest BCUT2D eigenvalue weighted by Crippen LogP contribution is -2.33. The average Bonchev–Trinajstić information content (AvgIpc) is 2.39. The second-order valence-corrected chi connectivity index (χ2v) is 6.41. The summed E-state index contributed by atoms with van der Waals surface area (Å²) < 4.78 is 13.0. The summed E-state index contributed by atoms with van der Waals surface area (Å²) in [6.45, 7) is 5.51. The van der Waals surface area contributed by atoms with Crippen molar-refractivity contribution >= 4 is 11.4 Å². The fourth-order valence-electron chi connectivity index (χ4n) is 3.05. The van der Waals surface area contributed by atoms with Crippen molar-refractivity contribution in [3.8, 4) is 0 Å². The predicted octanol–water partition coefficient (Wildman–Crippen LogP) is 4.43. The molecule has 0 saturated heterocycles. The van der Waals surface area contributed by atoms with E-state index in [0.29, 0.717) is 5.69 Å². The lowest BCUT2D eigenvalue weighted by molar-refractivity contribution is 0.172. The number of nitrogen functional groups attached to an aromatic ring is 1. The van der Waals surface area contributed by atoms with Gasteiger partial charge < -0.3 is 11.1 Å². The van der Waals surface area contributed by atoms with Crippen molar-refractivity contribution in [2.24, 2.45) is 11.3 Å². The largest absolute Gasteiger partial charge is 0.397 e. The van der Waals surface area contributed by atoms with Crippen molar-refractivity contribution < 1.29 is 4.39 Å². The molecule has 0 aromatic heterocycles. The Balaban J connectivity index is 1.96. The van der Waals surface area contributed by atoms with E-state index in [1.807, 2.05) is 0 Å². The summed E-state index contributed by atoms with van der Waals surface area (Å²) in [4.78, 5) is 0. The molecule has 3 heteroatoms. The number of anilines is 2. The Kier molecular flexibility index (Phi) is 4.33. The van der Waals surface area contributed by atoms with Crippen molar-refractivity contribution in [3.63, 3.8) is 0 Å². The fraction of sp³-hybridized carbons (Fsp3) is 0.625. The number of halogens is 1. The van der Waals surface area contributed by atoms with Crippen molar-refractivity contribution in [1.29, 1.82) is 0 Å². The Morgan fingerprint density at radius 1 is 1.26 bits per heavy atom. The van der Waals surface area contributed by atoms with Crippen molar-refractivity contribution in [2.45, 2.75) is 46.0 Å². The number of nitrogens with one attached hydrogen (secondary N) is 1. The average molecular weight is 264 g/mol. The number of rotatable bonds is 4. The van der Waals surface area contributed by atoms with E-state index in [2.05, 4.69) is 19.2 Å². The molecule has 1 aliphatic carbocycles. The molecule has 2 nitrogen and oxygen atoms in total. The summed E-state index contributed by atoms with van der Waals surface area (Å²) in [5, 5.41) is 3.39. The fourth-order valence-corrected chi connectivity index (χ4v) is 3.05. The topological polar surface area (TPSA) is 38.0 Å². The summed E-state index contributed by atoms with van der Waals surface area (Å²) in [7, 11) is 0. The van der Waals surface area contributed by atoms with Gasteiger partial charge in [-0.25, -0.2) is 4.39 Å². The van der Waals surface area contributed by atoms with Gasteiger partial charge in [0.15, 0.2) is 0 Å². The molecule has 19 heavy (non-hydrogen) atoms. The van der Waals surface area contributed by atoms with Crippen LogP contribution in [0.4, 0.5) is 15.8 Å². The van der Waals surface area contributed by atoms with E-state index in [0.717, 1.165) is 18.2 Å². The lowest BCUT2D eigenvalue weighted by atomic mass is 9.71. The molecular formula is C16H25FN2. The summed E-state index contributed by atoms with van der Waals surface area (Å²) in [6.07, 6.45) is 6.74. The number of hydrogen-bond acceptors (Lipinski definition) is 2. The summed E-state index contributed by atoms with van der Waals surface area (Å²) in [5.74, 6) is 0.491. The van der Waals surface area contributed by atoms with Crippen molar-refractivity contribution in [1.82, 2.24) is 0 Å². The van der Waals surface area contributed by atoms with E-state index < -0.39 is 0 Å². The zero-order chi connectivity index (χ0) is 13.9. The van der Waals surface area contributed by atoms with Crippen molar-refractivity contribution in [2.75, 3.05) is 17.6 Å². The molecule has 0 aliphatic heterocycles. The van der Waals surface area contributed by atoms with E-state index in [9.17, 15) is 4.39 Å². The standard InChI is InChI=1S/C16H25FN2/c1-16(2,12-6-4-3-5-7-12)11-19-15-9-8-13(17)10-14(15)18/h8-10,12,19H,3-7,11,18H2,1-2H3. The van der Waals surface area contributed by atoms with E-state index in [1.165, 1.54) is 44.2 Å². The van der Waals surface area contributed by atoms with Gasteiger partial charge in [0.25, 0.3) is 0 Å². The number of hydrogen-bond donors (Lipinski definition) is 2. The minimum Gasteiger partial charge on any atom is -0.397 e. The van der Waals surface area contributed by atoms with Crippen LogP contribution in [-0.4, -0.2) is 6.54 Å². The first-order valence-electron chi connectivity index (χ1n) is 7.28. The first-order valence-corrected chi connectivity index (χ1v) is 7.28. The maximum atomic E-state index is 13.0. The lowest BCUT2D eigenvalue weighted by Gasteiger charge is -2.37. The Morgan fingerprint density at radius 2 is 1.95 bits per heavy atom. The predicted molar refractivity (Wildman–Crippen MR) is 79.7 cm³/mol. The molecule has 1 aromatic rings. The third kappa shape index (κ3) is 3.62. The van der Waals surface area contributed by atoms with Crippen LogP contribution < -0.4 is 11.1 Å². The third-order valence-electron chi connectivity index (χ3n) is 4.46. The van der Waals surface area contributed by atoms with E-state index >= 15 is 0 Å². The second-order valence-electron chi connectivity index (χ2n) is 6.41. The Bertz CT molecular complexity index is 423. The van der Waals surface area contributed by atoms with Gasteiger partial charge in [0, 0.05) is 6.54 Å². The van der Waals surface area contributed by atoms with Gasteiger partial charge in [0.05, 0.1) is 11.4 Å². The molecule has 1 aliphatic rings. The van der Waals surface area contributed by atoms with Gasteiger partial charge in [0.2, 0.25) is 0 Å². The molecule has 0 amide bonds. The van der Waals surface area contributed by atoms with Crippen LogP contribution in [0, 0.1) is 17.2 Å². The zero-order valence-electron chi connectivity index (χ0n) is 12.0. The normalized spacial score (nSPS) is 17.4. The van der Waals surface area contributed by atoms with Crippen LogP contribution in [0.3, 0.4) is 0 Å². The van der Waals surface area contributed by atoms with Gasteiger partial charge >= 0.3 is 0 Å². The highest BCUT2D eigenvalue weighted by atomic mass is 19.1. The van der Waals surface area contributed by atoms with Crippen molar-refractivity contribution in [3.05, 3.63) is 24.0 Å². The van der Waals surface area contributed by atoms with Crippen LogP contribution >= 0.6 is 0 Å². The number of benzene rings is 1. The summed E-state index contributed by atoms with van der Waals surface area (Å²) in [5.41, 5.74) is 7.40. The molecular weight excluding hydrogens is 239 g/mol. The quantitative estimate of drug-likeness (QED) is 0.790. The molecule has 0 spiro atoms. The van der Waals surface area contributed by atoms with Crippen LogP contribution in [0.1, 0.15) is 46.0 Å². The highest BCUT2D eigenvalue weighted by Gasteiger charge is 2.30. The molecule has 0 heterocycles. The third-order valence-corrected chi connectivity index (χ3v) is 4.46. The molecule has 2 rings (SSSR count). The highest BCUT2D eigenvalue weighted by molar-refractivity contribution is 5.65. The monoisotopic (exact) mass is 264 g/mol. The summed E-state index contributed by atoms with van der Waals surface area (Å²) in [6, 6.07) is 4.55. The highest BCUT2D eigenvalue weighted by Crippen LogP contribution is 2.38. The van der Waals surface area contributed by atoms with E-state index in [1.54, 1.807) is 6.07 Å². The molecule has 3 N–H and O–H groups in total. The molecule has 0 atom stereocenters. The minimum absolute atomic E-state index is 0.251. The minimum atomic E-state index is -0.283. The zero-order valence-corrected chi connectivity index (χ0v) is 12.0. The Hall–Kier alpha value is -1.25. The van der Waals surface area contributed by atoms with Gasteiger partial charge in [-0.1, -0.05) is 33.1 Å². The maximum Gasteiger partial charge on any atom is 0.125 e. The van der Waals surface area contributed by atoms with Crippen LogP contribution in [0.25, 0.3) is 0 Å². The smallest absolute Gasteiger partial charge is 0.125 e. The Labute approximate surface area is 115 Å². The first kappa shape index (κ1) is 14.2. The Morgan fingerprint density at radius 3 is 2.58 bits per heavy atom. The molecule has 1 fully saturated rings. The molecule has 1 aromatic carbocycles. The van der Waals surface area contributed by atoms with Crippen LogP contribution in [0.15, 0.2) is 18.2 Å². The molecule has 106 valence electrons. The molecule has 1 saturated carbocycles. The van der Waals surface area contributed by atoms with Gasteiger partial charge in [-0.3, -0.25) is 0 Å². The maximum absolute atomic E-state index is 13.0.